The Labute approximate surface area is 141 Å². The monoisotopic (exact) mass is 348 g/mol. The Morgan fingerprint density at radius 1 is 1.43 bits per heavy atom. The fourth-order valence-corrected chi connectivity index (χ4v) is 3.12. The molecule has 2 heterocycles. The number of nitrogens with zero attached hydrogens (tertiary/aromatic N) is 1. The lowest BCUT2D eigenvalue weighted by Crippen LogP contribution is -2.22. The molecule has 0 atom stereocenters. The molecule has 1 N–H and O–H groups in total. The minimum absolute atomic E-state index is 0.256. The third kappa shape index (κ3) is 3.55. The molecule has 7 heteroatoms. The van der Waals surface area contributed by atoms with Gasteiger partial charge in [0.15, 0.2) is 0 Å². The second-order valence-electron chi connectivity index (χ2n) is 4.65. The number of benzene rings is 1. The first-order valence-corrected chi connectivity index (χ1v) is 8.03. The fourth-order valence-electron chi connectivity index (χ4n) is 1.97. The lowest BCUT2D eigenvalue weighted by molar-refractivity contribution is 0.0944. The van der Waals surface area contributed by atoms with Gasteiger partial charge in [-0.2, -0.15) is 0 Å². The number of carbonyl (C=O) groups is 1. The maximum atomic E-state index is 12.1. The van der Waals surface area contributed by atoms with Crippen LogP contribution in [0.4, 0.5) is 0 Å². The topological polar surface area (TPSA) is 64.4 Å². The van der Waals surface area contributed by atoms with E-state index >= 15 is 0 Å². The van der Waals surface area contributed by atoms with Gasteiger partial charge in [0.25, 0.3) is 5.91 Å². The Morgan fingerprint density at radius 3 is 3.00 bits per heavy atom. The van der Waals surface area contributed by atoms with Crippen LogP contribution in [-0.4, -0.2) is 18.0 Å². The van der Waals surface area contributed by atoms with Gasteiger partial charge >= 0.3 is 0 Å². The Bertz CT molecular complexity index is 815. The number of thiazole rings is 1. The number of furan rings is 1. The number of methoxy groups -OCH3 is 1. The molecule has 0 bridgehead atoms. The summed E-state index contributed by atoms with van der Waals surface area (Å²) in [6.45, 7) is 0.321. The normalized spacial score (nSPS) is 10.5. The molecule has 3 aromatic rings. The van der Waals surface area contributed by atoms with Gasteiger partial charge in [-0.3, -0.25) is 4.79 Å². The first-order chi connectivity index (χ1) is 11.2. The number of carbonyl (C=O) groups excluding carboxylic acids is 1. The average molecular weight is 349 g/mol. The van der Waals surface area contributed by atoms with E-state index in [9.17, 15) is 4.79 Å². The molecule has 0 aliphatic carbocycles. The highest BCUT2D eigenvalue weighted by Crippen LogP contribution is 2.33. The highest BCUT2D eigenvalue weighted by Gasteiger charge is 2.14. The minimum atomic E-state index is -0.256. The molecule has 118 valence electrons. The molecule has 0 saturated carbocycles. The van der Waals surface area contributed by atoms with Crippen LogP contribution in [0.15, 0.2) is 46.4 Å². The van der Waals surface area contributed by atoms with Crippen LogP contribution in [-0.2, 0) is 6.54 Å². The van der Waals surface area contributed by atoms with Crippen molar-refractivity contribution >= 4 is 28.8 Å². The van der Waals surface area contributed by atoms with Gasteiger partial charge in [0.05, 0.1) is 24.9 Å². The van der Waals surface area contributed by atoms with Crippen LogP contribution in [0.1, 0.15) is 16.2 Å². The van der Waals surface area contributed by atoms with Crippen LogP contribution in [0.5, 0.6) is 5.75 Å². The molecule has 0 aliphatic heterocycles. The first-order valence-electron chi connectivity index (χ1n) is 6.77. The van der Waals surface area contributed by atoms with Gasteiger partial charge in [-0.15, -0.1) is 11.3 Å². The first kappa shape index (κ1) is 15.6. The summed E-state index contributed by atoms with van der Waals surface area (Å²) in [5, 5.41) is 5.67. The summed E-state index contributed by atoms with van der Waals surface area (Å²) in [4.78, 5) is 16.5. The number of hydrogen-bond acceptors (Lipinski definition) is 5. The maximum absolute atomic E-state index is 12.1. The maximum Gasteiger partial charge on any atom is 0.271 e. The average Bonchev–Trinajstić information content (AvgIpc) is 3.24. The number of amides is 1. The van der Waals surface area contributed by atoms with E-state index in [0.717, 1.165) is 5.56 Å². The van der Waals surface area contributed by atoms with Crippen LogP contribution >= 0.6 is 22.9 Å². The third-order valence-electron chi connectivity index (χ3n) is 3.15. The molecule has 2 aromatic heterocycles. The van der Waals surface area contributed by atoms with E-state index in [1.165, 1.54) is 11.3 Å². The molecule has 3 rings (SSSR count). The van der Waals surface area contributed by atoms with Gasteiger partial charge in [-0.25, -0.2) is 4.98 Å². The molecule has 23 heavy (non-hydrogen) atoms. The van der Waals surface area contributed by atoms with Crippen LogP contribution < -0.4 is 10.1 Å². The predicted molar refractivity (Wildman–Crippen MR) is 89.0 cm³/mol. The van der Waals surface area contributed by atoms with Crippen LogP contribution in [0.2, 0.25) is 5.02 Å². The Kier molecular flexibility index (Phi) is 4.64. The van der Waals surface area contributed by atoms with Gasteiger partial charge in [0, 0.05) is 10.9 Å². The second kappa shape index (κ2) is 6.85. The van der Waals surface area contributed by atoms with Crippen molar-refractivity contribution in [2.24, 2.45) is 0 Å². The van der Waals surface area contributed by atoms with Crippen molar-refractivity contribution < 1.29 is 13.9 Å². The number of aromatic nitrogens is 1. The van der Waals surface area contributed by atoms with E-state index in [4.69, 9.17) is 20.8 Å². The molecule has 5 nitrogen and oxygen atoms in total. The summed E-state index contributed by atoms with van der Waals surface area (Å²) in [6, 6.07) is 8.91. The summed E-state index contributed by atoms with van der Waals surface area (Å²) in [7, 11) is 1.58. The van der Waals surface area contributed by atoms with Crippen molar-refractivity contribution in [3.8, 4) is 16.3 Å². The number of halogens is 1. The van der Waals surface area contributed by atoms with Gasteiger partial charge < -0.3 is 14.5 Å². The van der Waals surface area contributed by atoms with E-state index in [1.807, 2.05) is 6.07 Å². The molecular formula is C16H13ClN2O3S. The molecule has 0 saturated heterocycles. The van der Waals surface area contributed by atoms with Gasteiger partial charge in [0.1, 0.15) is 22.2 Å². The smallest absolute Gasteiger partial charge is 0.271 e. The Morgan fingerprint density at radius 2 is 2.30 bits per heavy atom. The largest absolute Gasteiger partial charge is 0.497 e. The summed E-state index contributed by atoms with van der Waals surface area (Å²) >= 11 is 7.60. The molecule has 0 radical (unpaired) electrons. The Balaban J connectivity index is 1.73. The van der Waals surface area contributed by atoms with E-state index in [0.29, 0.717) is 33.8 Å². The van der Waals surface area contributed by atoms with Gasteiger partial charge in [0.2, 0.25) is 0 Å². The highest BCUT2D eigenvalue weighted by atomic mass is 35.5. The molecule has 1 amide bonds. The zero-order valence-corrected chi connectivity index (χ0v) is 13.8. The second-order valence-corrected chi connectivity index (χ2v) is 5.91. The summed E-state index contributed by atoms with van der Waals surface area (Å²) in [5.74, 6) is 1.10. The van der Waals surface area contributed by atoms with Crippen molar-refractivity contribution in [1.82, 2.24) is 10.3 Å². The predicted octanol–water partition coefficient (Wildman–Crippen LogP) is 4.00. The van der Waals surface area contributed by atoms with E-state index < -0.39 is 0 Å². The molecule has 0 unspecified atom stereocenters. The van der Waals surface area contributed by atoms with Gasteiger partial charge in [-0.1, -0.05) is 11.6 Å². The highest BCUT2D eigenvalue weighted by molar-refractivity contribution is 7.13. The Hall–Kier alpha value is -2.31. The quantitative estimate of drug-likeness (QED) is 0.757. The number of rotatable bonds is 5. The summed E-state index contributed by atoms with van der Waals surface area (Å²) < 4.78 is 10.3. The summed E-state index contributed by atoms with van der Waals surface area (Å²) in [6.07, 6.45) is 1.56. The van der Waals surface area contributed by atoms with Gasteiger partial charge in [-0.05, 0) is 30.3 Å². The molecule has 0 fully saturated rings. The van der Waals surface area contributed by atoms with Crippen LogP contribution in [0.3, 0.4) is 0 Å². The molecule has 0 aliphatic rings. The van der Waals surface area contributed by atoms with Crippen molar-refractivity contribution in [3.63, 3.8) is 0 Å². The summed E-state index contributed by atoms with van der Waals surface area (Å²) in [5.41, 5.74) is 1.12. The molecular weight excluding hydrogens is 336 g/mol. The zero-order valence-electron chi connectivity index (χ0n) is 12.2. The zero-order chi connectivity index (χ0) is 16.2. The van der Waals surface area contributed by atoms with E-state index in [2.05, 4.69) is 10.3 Å². The van der Waals surface area contributed by atoms with Crippen LogP contribution in [0, 0.1) is 0 Å². The number of nitrogens with one attached hydrogen (secondary N) is 1. The standard InChI is InChI=1S/C16H13ClN2O3S/c1-21-10-4-5-12(13(17)7-10)16-19-14(9-23-16)15(20)18-8-11-3-2-6-22-11/h2-7,9H,8H2,1H3,(H,18,20). The van der Waals surface area contributed by atoms with E-state index in [1.54, 1.807) is 43.0 Å². The number of ether oxygens (including phenoxy) is 1. The minimum Gasteiger partial charge on any atom is -0.497 e. The lowest BCUT2D eigenvalue weighted by Gasteiger charge is -2.04. The van der Waals surface area contributed by atoms with Crippen molar-refractivity contribution in [2.45, 2.75) is 6.54 Å². The van der Waals surface area contributed by atoms with E-state index in [-0.39, 0.29) is 5.91 Å². The third-order valence-corrected chi connectivity index (χ3v) is 4.34. The SMILES string of the molecule is COc1ccc(-c2nc(C(=O)NCc3ccco3)cs2)c(Cl)c1. The number of hydrogen-bond donors (Lipinski definition) is 1. The van der Waals surface area contributed by atoms with Crippen LogP contribution in [0.25, 0.3) is 10.6 Å². The fraction of sp³-hybridized carbons (Fsp3) is 0.125. The van der Waals surface area contributed by atoms with Crippen molar-refractivity contribution in [2.75, 3.05) is 7.11 Å². The lowest BCUT2D eigenvalue weighted by atomic mass is 10.2. The van der Waals surface area contributed by atoms with Crippen molar-refractivity contribution in [3.05, 3.63) is 58.5 Å². The molecule has 0 spiro atoms. The van der Waals surface area contributed by atoms with Crippen molar-refractivity contribution in [1.29, 1.82) is 0 Å². The molecule has 1 aromatic carbocycles.